The van der Waals surface area contributed by atoms with Crippen LogP contribution in [0.25, 0.3) is 0 Å². The topological polar surface area (TPSA) is 80.3 Å². The molecule has 0 aliphatic carbocycles. The number of carbonyl (C=O) groups is 2. The number of hydrogen-bond acceptors (Lipinski definition) is 4. The van der Waals surface area contributed by atoms with Gasteiger partial charge in [-0.05, 0) is 48.7 Å². The highest BCUT2D eigenvalue weighted by Crippen LogP contribution is 2.26. The van der Waals surface area contributed by atoms with Gasteiger partial charge in [-0.15, -0.1) is 0 Å². The molecular formula is C18H19N3O3. The minimum absolute atomic E-state index is 0.0510. The normalized spacial score (nSPS) is 12.9. The molecule has 1 aromatic carbocycles. The second kappa shape index (κ2) is 7.59. The van der Waals surface area contributed by atoms with Crippen molar-refractivity contribution in [2.75, 3.05) is 17.2 Å². The highest BCUT2D eigenvalue weighted by Gasteiger charge is 2.15. The molecule has 124 valence electrons. The van der Waals surface area contributed by atoms with Gasteiger partial charge in [-0.1, -0.05) is 6.07 Å². The summed E-state index contributed by atoms with van der Waals surface area (Å²) in [6, 6.07) is 11.0. The summed E-state index contributed by atoms with van der Waals surface area (Å²) < 4.78 is 5.69. The largest absolute Gasteiger partial charge is 0.494 e. The summed E-state index contributed by atoms with van der Waals surface area (Å²) in [5.41, 5.74) is 1.94. The minimum atomic E-state index is -0.0783. The Labute approximate surface area is 140 Å². The third-order valence-corrected chi connectivity index (χ3v) is 3.72. The van der Waals surface area contributed by atoms with E-state index in [2.05, 4.69) is 15.6 Å². The van der Waals surface area contributed by atoms with Crippen molar-refractivity contribution in [1.82, 2.24) is 4.98 Å². The molecule has 0 atom stereocenters. The number of pyridine rings is 1. The lowest BCUT2D eigenvalue weighted by Gasteiger charge is -2.17. The number of nitrogens with one attached hydrogen (secondary N) is 2. The molecule has 0 saturated carbocycles. The number of anilines is 2. The maximum absolute atomic E-state index is 11.8. The van der Waals surface area contributed by atoms with Gasteiger partial charge in [0.05, 0.1) is 6.61 Å². The molecule has 2 N–H and O–H groups in total. The van der Waals surface area contributed by atoms with Crippen LogP contribution in [0.4, 0.5) is 11.5 Å². The standard InChI is InChI=1S/C18H19N3O3/c22-17(21-16-4-1-2-10-19-16)5-3-11-24-14-7-8-15-13(12-14)6-9-18(23)20-15/h1-2,4,7-8,10,12H,3,5-6,9,11H2,(H,20,23)(H,19,21,22). The molecule has 0 unspecified atom stereocenters. The third-order valence-electron chi connectivity index (χ3n) is 3.72. The van der Waals surface area contributed by atoms with E-state index in [-0.39, 0.29) is 11.8 Å². The van der Waals surface area contributed by atoms with Gasteiger partial charge in [0, 0.05) is 24.7 Å². The predicted octanol–water partition coefficient (Wildman–Crippen LogP) is 2.76. The molecule has 0 radical (unpaired) electrons. The van der Waals surface area contributed by atoms with Crippen LogP contribution in [0.5, 0.6) is 5.75 Å². The summed E-state index contributed by atoms with van der Waals surface area (Å²) in [5, 5.41) is 5.58. The molecule has 0 fully saturated rings. The Kier molecular flexibility index (Phi) is 5.05. The van der Waals surface area contributed by atoms with Crippen LogP contribution in [-0.4, -0.2) is 23.4 Å². The summed E-state index contributed by atoms with van der Waals surface area (Å²) >= 11 is 0. The smallest absolute Gasteiger partial charge is 0.225 e. The van der Waals surface area contributed by atoms with Crippen molar-refractivity contribution in [3.63, 3.8) is 0 Å². The molecular weight excluding hydrogens is 306 g/mol. The SMILES string of the molecule is O=C(CCCOc1ccc2c(c1)CCC(=O)N2)Nc1ccccn1. The fourth-order valence-corrected chi connectivity index (χ4v) is 2.51. The number of hydrogen-bond donors (Lipinski definition) is 2. The summed E-state index contributed by atoms with van der Waals surface area (Å²) in [5.74, 6) is 1.29. The zero-order valence-electron chi connectivity index (χ0n) is 13.2. The second-order valence-corrected chi connectivity index (χ2v) is 5.58. The third kappa shape index (κ3) is 4.32. The van der Waals surface area contributed by atoms with E-state index in [1.54, 1.807) is 18.3 Å². The van der Waals surface area contributed by atoms with E-state index in [4.69, 9.17) is 4.74 Å². The minimum Gasteiger partial charge on any atom is -0.494 e. The number of ether oxygens (including phenoxy) is 1. The molecule has 6 nitrogen and oxygen atoms in total. The zero-order valence-corrected chi connectivity index (χ0v) is 13.2. The Hall–Kier alpha value is -2.89. The monoisotopic (exact) mass is 325 g/mol. The number of nitrogens with zero attached hydrogens (tertiary/aromatic N) is 1. The van der Waals surface area contributed by atoms with Gasteiger partial charge < -0.3 is 15.4 Å². The first kappa shape index (κ1) is 16.0. The molecule has 0 saturated heterocycles. The van der Waals surface area contributed by atoms with Crippen molar-refractivity contribution in [3.05, 3.63) is 48.2 Å². The molecule has 1 aliphatic rings. The van der Waals surface area contributed by atoms with Gasteiger partial charge in [-0.25, -0.2) is 4.98 Å². The molecule has 24 heavy (non-hydrogen) atoms. The number of amides is 2. The number of rotatable bonds is 6. The molecule has 0 spiro atoms. The van der Waals surface area contributed by atoms with Crippen molar-refractivity contribution in [2.24, 2.45) is 0 Å². The predicted molar refractivity (Wildman–Crippen MR) is 91.0 cm³/mol. The fraction of sp³-hybridized carbons (Fsp3) is 0.278. The first-order chi connectivity index (χ1) is 11.7. The number of benzene rings is 1. The van der Waals surface area contributed by atoms with Crippen LogP contribution in [0.2, 0.25) is 0 Å². The van der Waals surface area contributed by atoms with Crippen molar-refractivity contribution < 1.29 is 14.3 Å². The van der Waals surface area contributed by atoms with Crippen molar-refractivity contribution in [2.45, 2.75) is 25.7 Å². The highest BCUT2D eigenvalue weighted by molar-refractivity contribution is 5.94. The Balaban J connectivity index is 1.42. The van der Waals surface area contributed by atoms with Crippen LogP contribution >= 0.6 is 0 Å². The second-order valence-electron chi connectivity index (χ2n) is 5.58. The van der Waals surface area contributed by atoms with E-state index in [0.717, 1.165) is 23.4 Å². The van der Waals surface area contributed by atoms with Crippen molar-refractivity contribution >= 4 is 23.3 Å². The van der Waals surface area contributed by atoms with Gasteiger partial charge in [-0.3, -0.25) is 9.59 Å². The Morgan fingerprint density at radius 3 is 3.00 bits per heavy atom. The van der Waals surface area contributed by atoms with Crippen LogP contribution in [0.3, 0.4) is 0 Å². The molecule has 1 aliphatic heterocycles. The van der Waals surface area contributed by atoms with E-state index in [1.807, 2.05) is 24.3 Å². The fourth-order valence-electron chi connectivity index (χ4n) is 2.51. The molecule has 0 bridgehead atoms. The Bertz CT molecular complexity index is 732. The summed E-state index contributed by atoms with van der Waals surface area (Å²) in [4.78, 5) is 27.2. The molecule has 2 heterocycles. The lowest BCUT2D eigenvalue weighted by Crippen LogP contribution is -2.18. The maximum Gasteiger partial charge on any atom is 0.225 e. The maximum atomic E-state index is 11.8. The molecule has 2 amide bonds. The van der Waals surface area contributed by atoms with E-state index >= 15 is 0 Å². The Morgan fingerprint density at radius 2 is 2.17 bits per heavy atom. The zero-order chi connectivity index (χ0) is 16.8. The van der Waals surface area contributed by atoms with E-state index in [1.165, 1.54) is 0 Å². The van der Waals surface area contributed by atoms with Gasteiger partial charge >= 0.3 is 0 Å². The van der Waals surface area contributed by atoms with Crippen molar-refractivity contribution in [3.8, 4) is 5.75 Å². The van der Waals surface area contributed by atoms with Crippen LogP contribution < -0.4 is 15.4 Å². The van der Waals surface area contributed by atoms with Gasteiger partial charge in [0.2, 0.25) is 11.8 Å². The molecule has 2 aromatic rings. The summed E-state index contributed by atoms with van der Waals surface area (Å²) in [6.45, 7) is 0.459. The lowest BCUT2D eigenvalue weighted by atomic mass is 10.0. The van der Waals surface area contributed by atoms with Crippen LogP contribution in [0, 0.1) is 0 Å². The first-order valence-corrected chi connectivity index (χ1v) is 7.97. The quantitative estimate of drug-likeness (QED) is 0.800. The number of carbonyl (C=O) groups excluding carboxylic acids is 2. The molecule has 6 heteroatoms. The van der Waals surface area contributed by atoms with Gasteiger partial charge in [0.25, 0.3) is 0 Å². The van der Waals surface area contributed by atoms with E-state index in [9.17, 15) is 9.59 Å². The molecule has 1 aromatic heterocycles. The highest BCUT2D eigenvalue weighted by atomic mass is 16.5. The van der Waals surface area contributed by atoms with Gasteiger partial charge in [0.1, 0.15) is 11.6 Å². The summed E-state index contributed by atoms with van der Waals surface area (Å²) in [7, 11) is 0. The first-order valence-electron chi connectivity index (χ1n) is 7.97. The number of fused-ring (bicyclic) bond motifs is 1. The molecule has 3 rings (SSSR count). The number of aryl methyl sites for hydroxylation is 1. The van der Waals surface area contributed by atoms with Gasteiger partial charge in [-0.2, -0.15) is 0 Å². The average Bonchev–Trinajstić information content (AvgIpc) is 2.59. The Morgan fingerprint density at radius 1 is 1.25 bits per heavy atom. The summed E-state index contributed by atoms with van der Waals surface area (Å²) in [6.07, 6.45) is 3.86. The van der Waals surface area contributed by atoms with Crippen LogP contribution in [-0.2, 0) is 16.0 Å². The van der Waals surface area contributed by atoms with Crippen LogP contribution in [0.1, 0.15) is 24.8 Å². The van der Waals surface area contributed by atoms with Gasteiger partial charge in [0.15, 0.2) is 0 Å². The number of aromatic nitrogens is 1. The van der Waals surface area contributed by atoms with Crippen LogP contribution in [0.15, 0.2) is 42.6 Å². The average molecular weight is 325 g/mol. The van der Waals surface area contributed by atoms with Crippen molar-refractivity contribution in [1.29, 1.82) is 0 Å². The van der Waals surface area contributed by atoms with E-state index in [0.29, 0.717) is 31.7 Å². The van der Waals surface area contributed by atoms with E-state index < -0.39 is 0 Å². The lowest BCUT2D eigenvalue weighted by molar-refractivity contribution is -0.117.